The summed E-state index contributed by atoms with van der Waals surface area (Å²) in [6.45, 7) is 0. The molecule has 0 N–H and O–H groups in total. The Morgan fingerprint density at radius 2 is 1.83 bits per heavy atom. The smallest absolute Gasteiger partial charge is 0.190 e. The van der Waals surface area contributed by atoms with E-state index in [1.165, 1.54) is 0 Å². The zero-order chi connectivity index (χ0) is 12.5. The minimum absolute atomic E-state index is 0.708. The molecule has 0 unspecified atom stereocenters. The van der Waals surface area contributed by atoms with Crippen molar-refractivity contribution in [1.29, 1.82) is 0 Å². The molecule has 0 saturated heterocycles. The molecule has 0 aliphatic rings. The molecule has 3 aromatic rings. The second-order valence-electron chi connectivity index (χ2n) is 4.14. The van der Waals surface area contributed by atoms with Gasteiger partial charge in [-0.3, -0.25) is 0 Å². The molecule has 0 amide bonds. The quantitative estimate of drug-likeness (QED) is 0.675. The first-order chi connectivity index (χ1) is 8.77. The monoisotopic (exact) mass is 240 g/mol. The number of para-hydroxylation sites is 1. The molecule has 3 rings (SSSR count). The van der Waals surface area contributed by atoms with Gasteiger partial charge < -0.3 is 4.90 Å². The number of rotatable bonds is 2. The van der Waals surface area contributed by atoms with Crippen LogP contribution in [0.3, 0.4) is 0 Å². The molecule has 6 nitrogen and oxygen atoms in total. The first-order valence-electron chi connectivity index (χ1n) is 5.57. The number of nitrogens with zero attached hydrogens (tertiary/aromatic N) is 6. The Hall–Kier alpha value is -2.50. The molecule has 0 aliphatic heterocycles. The van der Waals surface area contributed by atoms with E-state index < -0.39 is 0 Å². The minimum Gasteiger partial charge on any atom is -0.361 e. The highest BCUT2D eigenvalue weighted by molar-refractivity contribution is 5.86. The van der Waals surface area contributed by atoms with Gasteiger partial charge in [0.15, 0.2) is 11.5 Å². The third-order valence-corrected chi connectivity index (χ3v) is 2.69. The van der Waals surface area contributed by atoms with E-state index in [9.17, 15) is 0 Å². The van der Waals surface area contributed by atoms with Crippen LogP contribution >= 0.6 is 0 Å². The molecule has 0 atom stereocenters. The zero-order valence-electron chi connectivity index (χ0n) is 10.1. The molecule has 0 radical (unpaired) electrons. The van der Waals surface area contributed by atoms with Crippen LogP contribution in [-0.2, 0) is 0 Å². The largest absolute Gasteiger partial charge is 0.361 e. The topological polar surface area (TPSA) is 59.7 Å². The molecule has 6 heteroatoms. The average molecular weight is 240 g/mol. The highest BCUT2D eigenvalue weighted by Gasteiger charge is 2.12. The maximum absolute atomic E-state index is 4.36. The van der Waals surface area contributed by atoms with Crippen LogP contribution in [0.2, 0.25) is 0 Å². The SMILES string of the molecule is CN(C)c1nnnc2c1cnn2-c1ccccc1. The van der Waals surface area contributed by atoms with Crippen molar-refractivity contribution in [2.75, 3.05) is 19.0 Å². The molecule has 0 aliphatic carbocycles. The summed E-state index contributed by atoms with van der Waals surface area (Å²) in [6.07, 6.45) is 1.76. The van der Waals surface area contributed by atoms with Crippen LogP contribution in [0.25, 0.3) is 16.7 Å². The zero-order valence-corrected chi connectivity index (χ0v) is 10.1. The molecule has 90 valence electrons. The number of hydrogen-bond acceptors (Lipinski definition) is 5. The van der Waals surface area contributed by atoms with Gasteiger partial charge in [-0.25, -0.2) is 4.68 Å². The van der Waals surface area contributed by atoms with Gasteiger partial charge in [-0.1, -0.05) is 18.2 Å². The number of fused-ring (bicyclic) bond motifs is 1. The highest BCUT2D eigenvalue weighted by atomic mass is 15.4. The molecule has 0 bridgehead atoms. The average Bonchev–Trinajstić information content (AvgIpc) is 2.83. The van der Waals surface area contributed by atoms with E-state index in [2.05, 4.69) is 20.5 Å². The van der Waals surface area contributed by atoms with Crippen LogP contribution in [-0.4, -0.2) is 39.3 Å². The lowest BCUT2D eigenvalue weighted by Crippen LogP contribution is -2.12. The minimum atomic E-state index is 0.708. The lowest BCUT2D eigenvalue weighted by atomic mass is 10.3. The Balaban J connectivity index is 2.25. The first-order valence-corrected chi connectivity index (χ1v) is 5.57. The van der Waals surface area contributed by atoms with Crippen LogP contribution < -0.4 is 4.90 Å². The predicted octanol–water partition coefficient (Wildman–Crippen LogP) is 1.28. The summed E-state index contributed by atoms with van der Waals surface area (Å²) in [4.78, 5) is 1.90. The Labute approximate surface area is 104 Å². The van der Waals surface area contributed by atoms with E-state index in [0.29, 0.717) is 5.65 Å². The molecule has 0 saturated carbocycles. The first kappa shape index (κ1) is 10.6. The summed E-state index contributed by atoms with van der Waals surface area (Å²) < 4.78 is 1.76. The van der Waals surface area contributed by atoms with Crippen molar-refractivity contribution in [2.24, 2.45) is 0 Å². The van der Waals surface area contributed by atoms with Crippen LogP contribution in [0.1, 0.15) is 0 Å². The molecule has 0 fully saturated rings. The van der Waals surface area contributed by atoms with E-state index in [1.807, 2.05) is 49.3 Å². The van der Waals surface area contributed by atoms with Gasteiger partial charge in [-0.15, -0.1) is 10.2 Å². The van der Waals surface area contributed by atoms with Gasteiger partial charge in [0, 0.05) is 14.1 Å². The van der Waals surface area contributed by atoms with Crippen molar-refractivity contribution in [2.45, 2.75) is 0 Å². The normalized spacial score (nSPS) is 10.8. The summed E-state index contributed by atoms with van der Waals surface area (Å²) in [7, 11) is 3.84. The lowest BCUT2D eigenvalue weighted by molar-refractivity contribution is 0.832. The summed E-state index contributed by atoms with van der Waals surface area (Å²) in [5.74, 6) is 0.766. The van der Waals surface area contributed by atoms with Gasteiger partial charge in [0.05, 0.1) is 17.3 Å². The van der Waals surface area contributed by atoms with Crippen molar-refractivity contribution >= 4 is 16.9 Å². The fourth-order valence-electron chi connectivity index (χ4n) is 1.85. The second-order valence-corrected chi connectivity index (χ2v) is 4.14. The molecule has 2 heterocycles. The Bertz CT molecular complexity index is 673. The summed E-state index contributed by atoms with van der Waals surface area (Å²) in [6, 6.07) is 9.84. The van der Waals surface area contributed by atoms with Crippen molar-refractivity contribution in [1.82, 2.24) is 25.2 Å². The van der Waals surface area contributed by atoms with E-state index >= 15 is 0 Å². The van der Waals surface area contributed by atoms with Gasteiger partial charge >= 0.3 is 0 Å². The second kappa shape index (κ2) is 4.06. The van der Waals surface area contributed by atoms with E-state index in [1.54, 1.807) is 10.9 Å². The van der Waals surface area contributed by atoms with Crippen LogP contribution in [0.4, 0.5) is 5.82 Å². The fraction of sp³-hybridized carbons (Fsp3) is 0.167. The van der Waals surface area contributed by atoms with Gasteiger partial charge in [-0.05, 0) is 17.3 Å². The maximum Gasteiger partial charge on any atom is 0.190 e. The fourth-order valence-corrected chi connectivity index (χ4v) is 1.85. The van der Waals surface area contributed by atoms with E-state index in [0.717, 1.165) is 16.9 Å². The molecular weight excluding hydrogens is 228 g/mol. The molecule has 18 heavy (non-hydrogen) atoms. The highest BCUT2D eigenvalue weighted by Crippen LogP contribution is 2.21. The van der Waals surface area contributed by atoms with Gasteiger partial charge in [0.2, 0.25) is 0 Å². The van der Waals surface area contributed by atoms with Crippen LogP contribution in [0.15, 0.2) is 36.5 Å². The molecular formula is C12H12N6. The van der Waals surface area contributed by atoms with Crippen molar-refractivity contribution in [3.05, 3.63) is 36.5 Å². The standard InChI is InChI=1S/C12H12N6/c1-17(2)11-10-8-13-18(12(10)15-16-14-11)9-6-4-3-5-7-9/h3-8H,1-2H3. The van der Waals surface area contributed by atoms with Crippen molar-refractivity contribution in [3.8, 4) is 5.69 Å². The maximum atomic E-state index is 4.36. The molecule has 0 spiro atoms. The van der Waals surface area contributed by atoms with Crippen molar-refractivity contribution in [3.63, 3.8) is 0 Å². The van der Waals surface area contributed by atoms with Crippen molar-refractivity contribution < 1.29 is 0 Å². The van der Waals surface area contributed by atoms with E-state index in [4.69, 9.17) is 0 Å². The third-order valence-electron chi connectivity index (χ3n) is 2.69. The number of benzene rings is 1. The van der Waals surface area contributed by atoms with Crippen LogP contribution in [0, 0.1) is 0 Å². The number of aromatic nitrogens is 5. The Morgan fingerprint density at radius 1 is 1.06 bits per heavy atom. The van der Waals surface area contributed by atoms with Gasteiger partial charge in [0.25, 0.3) is 0 Å². The summed E-state index contributed by atoms with van der Waals surface area (Å²) >= 11 is 0. The van der Waals surface area contributed by atoms with Gasteiger partial charge in [0.1, 0.15) is 0 Å². The number of anilines is 1. The molecule has 1 aromatic carbocycles. The van der Waals surface area contributed by atoms with Crippen LogP contribution in [0.5, 0.6) is 0 Å². The molecule has 2 aromatic heterocycles. The Kier molecular flexibility index (Phi) is 2.40. The Morgan fingerprint density at radius 3 is 2.56 bits per heavy atom. The predicted molar refractivity (Wildman–Crippen MR) is 68.8 cm³/mol. The van der Waals surface area contributed by atoms with Gasteiger partial charge in [-0.2, -0.15) is 5.10 Å². The summed E-state index contributed by atoms with van der Waals surface area (Å²) in [5, 5.41) is 17.1. The third kappa shape index (κ3) is 1.58. The number of hydrogen-bond donors (Lipinski definition) is 0. The lowest BCUT2D eigenvalue weighted by Gasteiger charge is -2.10. The summed E-state index contributed by atoms with van der Waals surface area (Å²) in [5.41, 5.74) is 1.66. The van der Waals surface area contributed by atoms with E-state index in [-0.39, 0.29) is 0 Å².